The van der Waals surface area contributed by atoms with Gasteiger partial charge in [0, 0.05) is 20.7 Å². The van der Waals surface area contributed by atoms with Gasteiger partial charge in [0.15, 0.2) is 11.0 Å². The summed E-state index contributed by atoms with van der Waals surface area (Å²) >= 11 is 0. The van der Waals surface area contributed by atoms with E-state index in [1.807, 2.05) is 18.0 Å². The molecule has 3 N–H and O–H groups in total. The van der Waals surface area contributed by atoms with Gasteiger partial charge in [0.25, 0.3) is 0 Å². The van der Waals surface area contributed by atoms with E-state index in [0.29, 0.717) is 23.3 Å². The van der Waals surface area contributed by atoms with E-state index in [2.05, 4.69) is 10.3 Å². The predicted molar refractivity (Wildman–Crippen MR) is 67.4 cm³/mol. The summed E-state index contributed by atoms with van der Waals surface area (Å²) in [6.45, 7) is 0.694. The van der Waals surface area contributed by atoms with Crippen molar-refractivity contribution in [2.75, 3.05) is 37.9 Å². The normalized spacial score (nSPS) is 12.8. The second-order valence-corrected chi connectivity index (χ2v) is 4.13. The lowest BCUT2D eigenvalue weighted by Gasteiger charge is -2.22. The van der Waals surface area contributed by atoms with Crippen molar-refractivity contribution in [1.82, 2.24) is 10.3 Å². The standard InChI is InChI=1S/C11H16N4O3/c1-15(5-7(16)6-17-2)9-4-3-8(12)10-11(9)14-18-13-10/h3-4,7,16H,5-6,12H2,1-2H3. The lowest BCUT2D eigenvalue weighted by Crippen LogP contribution is -2.32. The number of fused-ring (bicyclic) bond motifs is 1. The number of nitrogen functional groups attached to an aromatic ring is 1. The van der Waals surface area contributed by atoms with Gasteiger partial charge in [-0.1, -0.05) is 0 Å². The molecule has 0 aliphatic carbocycles. The third-order valence-electron chi connectivity index (χ3n) is 2.68. The molecule has 1 aromatic heterocycles. The molecular formula is C11H16N4O3. The lowest BCUT2D eigenvalue weighted by molar-refractivity contribution is 0.0695. The van der Waals surface area contributed by atoms with Crippen LogP contribution in [0.15, 0.2) is 16.8 Å². The third kappa shape index (κ3) is 2.36. The third-order valence-corrected chi connectivity index (χ3v) is 2.68. The summed E-state index contributed by atoms with van der Waals surface area (Å²) in [4.78, 5) is 1.86. The van der Waals surface area contributed by atoms with Crippen LogP contribution in [-0.2, 0) is 4.74 Å². The number of benzene rings is 1. The average Bonchev–Trinajstić information content (AvgIpc) is 2.79. The zero-order valence-electron chi connectivity index (χ0n) is 10.3. The van der Waals surface area contributed by atoms with Gasteiger partial charge in [0.2, 0.25) is 0 Å². The molecule has 18 heavy (non-hydrogen) atoms. The highest BCUT2D eigenvalue weighted by atomic mass is 16.6. The molecule has 1 aromatic carbocycles. The number of rotatable bonds is 5. The van der Waals surface area contributed by atoms with Crippen molar-refractivity contribution >= 4 is 22.4 Å². The number of nitrogens with two attached hydrogens (primary N) is 1. The van der Waals surface area contributed by atoms with Crippen LogP contribution in [0.25, 0.3) is 11.0 Å². The number of hydrogen-bond acceptors (Lipinski definition) is 7. The summed E-state index contributed by atoms with van der Waals surface area (Å²) in [6.07, 6.45) is -0.576. The minimum atomic E-state index is -0.576. The molecule has 0 fully saturated rings. The summed E-state index contributed by atoms with van der Waals surface area (Å²) in [5, 5.41) is 17.3. The molecule has 0 radical (unpaired) electrons. The number of aliphatic hydroxyl groups is 1. The Morgan fingerprint density at radius 3 is 2.89 bits per heavy atom. The number of methoxy groups -OCH3 is 1. The Balaban J connectivity index is 2.25. The van der Waals surface area contributed by atoms with Crippen LogP contribution in [0.5, 0.6) is 0 Å². The van der Waals surface area contributed by atoms with Gasteiger partial charge < -0.3 is 20.5 Å². The first-order valence-corrected chi connectivity index (χ1v) is 5.52. The summed E-state index contributed by atoms with van der Waals surface area (Å²) < 4.78 is 9.58. The number of hydrogen-bond donors (Lipinski definition) is 2. The Morgan fingerprint density at radius 2 is 2.17 bits per heavy atom. The maximum atomic E-state index is 9.71. The van der Waals surface area contributed by atoms with E-state index in [9.17, 15) is 5.11 Å². The fourth-order valence-electron chi connectivity index (χ4n) is 1.84. The fraction of sp³-hybridized carbons (Fsp3) is 0.455. The minimum absolute atomic E-state index is 0.277. The van der Waals surface area contributed by atoms with Gasteiger partial charge in [-0.05, 0) is 22.4 Å². The van der Waals surface area contributed by atoms with Crippen LogP contribution in [0.1, 0.15) is 0 Å². The van der Waals surface area contributed by atoms with E-state index in [0.717, 1.165) is 5.69 Å². The second-order valence-electron chi connectivity index (χ2n) is 4.13. The van der Waals surface area contributed by atoms with Crippen molar-refractivity contribution in [1.29, 1.82) is 0 Å². The molecule has 0 saturated carbocycles. The molecule has 0 spiro atoms. The smallest absolute Gasteiger partial charge is 0.160 e. The van der Waals surface area contributed by atoms with Crippen molar-refractivity contribution in [3.05, 3.63) is 12.1 Å². The molecule has 1 atom stereocenters. The largest absolute Gasteiger partial charge is 0.397 e. The molecule has 7 heteroatoms. The first kappa shape index (κ1) is 12.6. The molecule has 2 aromatic rings. The maximum absolute atomic E-state index is 9.71. The number of aliphatic hydroxyl groups excluding tert-OH is 1. The van der Waals surface area contributed by atoms with Crippen molar-refractivity contribution in [2.45, 2.75) is 6.10 Å². The van der Waals surface area contributed by atoms with Crippen LogP contribution in [0.3, 0.4) is 0 Å². The van der Waals surface area contributed by atoms with Crippen molar-refractivity contribution in [2.24, 2.45) is 0 Å². The minimum Gasteiger partial charge on any atom is -0.397 e. The average molecular weight is 252 g/mol. The summed E-state index contributed by atoms with van der Waals surface area (Å²) in [5.41, 5.74) is 8.20. The van der Waals surface area contributed by atoms with E-state index in [4.69, 9.17) is 15.1 Å². The zero-order valence-corrected chi connectivity index (χ0v) is 10.3. The monoisotopic (exact) mass is 252 g/mol. The highest BCUT2D eigenvalue weighted by Crippen LogP contribution is 2.27. The van der Waals surface area contributed by atoms with Crippen LogP contribution < -0.4 is 10.6 Å². The number of nitrogens with zero attached hydrogens (tertiary/aromatic N) is 3. The topological polar surface area (TPSA) is 97.6 Å². The van der Waals surface area contributed by atoms with Crippen LogP contribution in [0, 0.1) is 0 Å². The molecule has 0 bridgehead atoms. The number of ether oxygens (including phenoxy) is 1. The van der Waals surface area contributed by atoms with Crippen molar-refractivity contribution in [3.8, 4) is 0 Å². The van der Waals surface area contributed by atoms with Gasteiger partial charge in [0.05, 0.1) is 24.1 Å². The van der Waals surface area contributed by atoms with Crippen LogP contribution in [0.2, 0.25) is 0 Å². The van der Waals surface area contributed by atoms with Gasteiger partial charge in [-0.15, -0.1) is 0 Å². The molecule has 1 heterocycles. The summed E-state index contributed by atoms with van der Waals surface area (Å²) in [6, 6.07) is 3.56. The quantitative estimate of drug-likeness (QED) is 0.736. The number of likely N-dealkylation sites (N-methyl/N-ethyl adjacent to an activating group) is 1. The number of anilines is 2. The summed E-state index contributed by atoms with van der Waals surface area (Å²) in [7, 11) is 3.39. The van der Waals surface area contributed by atoms with Gasteiger partial charge in [0.1, 0.15) is 0 Å². The molecule has 2 rings (SSSR count). The highest BCUT2D eigenvalue weighted by Gasteiger charge is 2.15. The molecular weight excluding hydrogens is 236 g/mol. The highest BCUT2D eigenvalue weighted by molar-refractivity contribution is 5.95. The molecule has 7 nitrogen and oxygen atoms in total. The maximum Gasteiger partial charge on any atom is 0.160 e. The first-order chi connectivity index (χ1) is 8.63. The Labute approximate surface area is 104 Å². The van der Waals surface area contributed by atoms with E-state index in [1.54, 1.807) is 13.2 Å². The van der Waals surface area contributed by atoms with Gasteiger partial charge >= 0.3 is 0 Å². The Kier molecular flexibility index (Phi) is 3.63. The van der Waals surface area contributed by atoms with E-state index < -0.39 is 6.10 Å². The fourth-order valence-corrected chi connectivity index (χ4v) is 1.84. The van der Waals surface area contributed by atoms with Gasteiger partial charge in [-0.25, -0.2) is 4.63 Å². The molecule has 0 saturated heterocycles. The Morgan fingerprint density at radius 1 is 1.44 bits per heavy atom. The molecule has 1 unspecified atom stereocenters. The second kappa shape index (κ2) is 5.19. The van der Waals surface area contributed by atoms with Crippen LogP contribution >= 0.6 is 0 Å². The van der Waals surface area contributed by atoms with Crippen LogP contribution in [0.4, 0.5) is 11.4 Å². The summed E-state index contributed by atoms with van der Waals surface area (Å²) in [5.74, 6) is 0. The van der Waals surface area contributed by atoms with Crippen molar-refractivity contribution in [3.63, 3.8) is 0 Å². The van der Waals surface area contributed by atoms with Gasteiger partial charge in [-0.2, -0.15) is 0 Å². The molecule has 0 aliphatic heterocycles. The molecule has 98 valence electrons. The van der Waals surface area contributed by atoms with E-state index in [1.165, 1.54) is 0 Å². The molecule has 0 aliphatic rings. The first-order valence-electron chi connectivity index (χ1n) is 5.52. The van der Waals surface area contributed by atoms with E-state index in [-0.39, 0.29) is 6.61 Å². The Bertz CT molecular complexity index is 528. The molecule has 0 amide bonds. The SMILES string of the molecule is COCC(O)CN(C)c1ccc(N)c2nonc12. The van der Waals surface area contributed by atoms with E-state index >= 15 is 0 Å². The Hall–Kier alpha value is -1.86. The van der Waals surface area contributed by atoms with Crippen LogP contribution in [-0.4, -0.2) is 48.8 Å². The van der Waals surface area contributed by atoms with Crippen molar-refractivity contribution < 1.29 is 14.5 Å². The number of aromatic nitrogens is 2. The predicted octanol–water partition coefficient (Wildman–Crippen LogP) is 0.248. The van der Waals surface area contributed by atoms with Gasteiger partial charge in [-0.3, -0.25) is 0 Å². The zero-order chi connectivity index (χ0) is 13.1. The lowest BCUT2D eigenvalue weighted by atomic mass is 10.2.